The fourth-order valence-electron chi connectivity index (χ4n) is 3.07. The highest BCUT2D eigenvalue weighted by Gasteiger charge is 2.39. The number of rotatable bonds is 4. The van der Waals surface area contributed by atoms with Gasteiger partial charge in [0.1, 0.15) is 0 Å². The number of hydrogen-bond acceptors (Lipinski definition) is 5. The summed E-state index contributed by atoms with van der Waals surface area (Å²) in [4.78, 5) is 29.5. The van der Waals surface area contributed by atoms with Gasteiger partial charge < -0.3 is 14.7 Å². The van der Waals surface area contributed by atoms with Crippen LogP contribution >= 0.6 is 0 Å². The molecule has 24 heavy (non-hydrogen) atoms. The number of hydrogen-bond donors (Lipinski definition) is 1. The van der Waals surface area contributed by atoms with Gasteiger partial charge in [-0.3, -0.25) is 9.59 Å². The quantitative estimate of drug-likeness (QED) is 0.912. The predicted octanol–water partition coefficient (Wildman–Crippen LogP) is 1.22. The van der Waals surface area contributed by atoms with Gasteiger partial charge in [-0.2, -0.15) is 4.98 Å². The number of nitrogens with zero attached hydrogens (tertiary/aromatic N) is 3. The van der Waals surface area contributed by atoms with Gasteiger partial charge in [-0.1, -0.05) is 35.5 Å². The first-order chi connectivity index (χ1) is 11.5. The number of carbonyl (C=O) groups is 2. The molecular weight excluding hydrogens is 308 g/mol. The Balaban J connectivity index is 1.82. The third kappa shape index (κ3) is 3.45. The summed E-state index contributed by atoms with van der Waals surface area (Å²) in [5, 5.41) is 6.43. The minimum absolute atomic E-state index is 0.00637. The van der Waals surface area contributed by atoms with Crippen molar-refractivity contribution in [2.45, 2.75) is 25.7 Å². The summed E-state index contributed by atoms with van der Waals surface area (Å²) in [6.45, 7) is 4.24. The summed E-state index contributed by atoms with van der Waals surface area (Å²) in [5.74, 6) is 0.856. The molecule has 1 fully saturated rings. The summed E-state index contributed by atoms with van der Waals surface area (Å²) >= 11 is 0. The number of amides is 2. The Morgan fingerprint density at radius 3 is 2.58 bits per heavy atom. The monoisotopic (exact) mass is 328 g/mol. The third-order valence-electron chi connectivity index (χ3n) is 4.25. The summed E-state index contributed by atoms with van der Waals surface area (Å²) in [5.41, 5.74) is 1.13. The zero-order valence-electron chi connectivity index (χ0n) is 13.7. The molecule has 0 spiro atoms. The van der Waals surface area contributed by atoms with Crippen molar-refractivity contribution < 1.29 is 14.1 Å². The molecule has 1 aliphatic rings. The van der Waals surface area contributed by atoms with E-state index in [2.05, 4.69) is 15.5 Å². The molecule has 1 aliphatic heterocycles. The van der Waals surface area contributed by atoms with E-state index in [-0.39, 0.29) is 30.2 Å². The van der Waals surface area contributed by atoms with Crippen LogP contribution in [0.5, 0.6) is 0 Å². The first-order valence-electron chi connectivity index (χ1n) is 7.92. The molecule has 0 radical (unpaired) electrons. The lowest BCUT2D eigenvalue weighted by Gasteiger charge is -2.16. The van der Waals surface area contributed by atoms with E-state index in [1.165, 1.54) is 6.92 Å². The fourth-order valence-corrected chi connectivity index (χ4v) is 3.07. The molecule has 2 amide bonds. The summed E-state index contributed by atoms with van der Waals surface area (Å²) in [7, 11) is 0. The zero-order valence-corrected chi connectivity index (χ0v) is 13.7. The lowest BCUT2D eigenvalue weighted by atomic mass is 9.89. The van der Waals surface area contributed by atoms with E-state index < -0.39 is 0 Å². The number of aromatic nitrogens is 2. The maximum absolute atomic E-state index is 12.4. The van der Waals surface area contributed by atoms with E-state index in [1.807, 2.05) is 30.3 Å². The average molecular weight is 328 g/mol. The molecule has 2 atom stereocenters. The van der Waals surface area contributed by atoms with Crippen molar-refractivity contribution in [3.63, 3.8) is 0 Å². The number of carbonyl (C=O) groups excluding carboxylic acids is 2. The van der Waals surface area contributed by atoms with Gasteiger partial charge in [-0.05, 0) is 12.5 Å². The number of likely N-dealkylation sites (tertiary alicyclic amines) is 1. The second-order valence-corrected chi connectivity index (χ2v) is 6.01. The van der Waals surface area contributed by atoms with Gasteiger partial charge in [0.25, 0.3) is 0 Å². The topological polar surface area (TPSA) is 88.3 Å². The summed E-state index contributed by atoms with van der Waals surface area (Å²) in [6.07, 6.45) is 0. The normalized spacial score (nSPS) is 20.2. The lowest BCUT2D eigenvalue weighted by Crippen LogP contribution is -2.38. The SMILES string of the molecule is CC(=O)NCC(=O)N1CC(c2ccccc2)C(c2nc(C)no2)C1. The van der Waals surface area contributed by atoms with Crippen LogP contribution in [0, 0.1) is 6.92 Å². The molecular formula is C17H20N4O3. The molecule has 2 aromatic rings. The number of benzene rings is 1. The molecule has 7 nitrogen and oxygen atoms in total. The molecule has 1 N–H and O–H groups in total. The first-order valence-corrected chi connectivity index (χ1v) is 7.92. The molecule has 2 unspecified atom stereocenters. The van der Waals surface area contributed by atoms with E-state index in [0.717, 1.165) is 5.56 Å². The molecule has 0 saturated carbocycles. The van der Waals surface area contributed by atoms with E-state index in [1.54, 1.807) is 11.8 Å². The van der Waals surface area contributed by atoms with Crippen molar-refractivity contribution in [1.82, 2.24) is 20.4 Å². The molecule has 2 heterocycles. The van der Waals surface area contributed by atoms with E-state index in [4.69, 9.17) is 4.52 Å². The van der Waals surface area contributed by atoms with E-state index in [9.17, 15) is 9.59 Å². The van der Waals surface area contributed by atoms with Gasteiger partial charge >= 0.3 is 0 Å². The van der Waals surface area contributed by atoms with Crippen molar-refractivity contribution in [1.29, 1.82) is 0 Å². The highest BCUT2D eigenvalue weighted by Crippen LogP contribution is 2.38. The van der Waals surface area contributed by atoms with Crippen molar-refractivity contribution >= 4 is 11.8 Å². The molecule has 0 bridgehead atoms. The van der Waals surface area contributed by atoms with Gasteiger partial charge in [0, 0.05) is 25.9 Å². The molecule has 1 aromatic heterocycles. The van der Waals surface area contributed by atoms with E-state index >= 15 is 0 Å². The second-order valence-electron chi connectivity index (χ2n) is 6.01. The lowest BCUT2D eigenvalue weighted by molar-refractivity contribution is -0.131. The van der Waals surface area contributed by atoms with Crippen molar-refractivity contribution in [2.24, 2.45) is 0 Å². The Hall–Kier alpha value is -2.70. The fraction of sp³-hybridized carbons (Fsp3) is 0.412. The van der Waals surface area contributed by atoms with Gasteiger partial charge in [-0.15, -0.1) is 0 Å². The Morgan fingerprint density at radius 1 is 1.25 bits per heavy atom. The highest BCUT2D eigenvalue weighted by molar-refractivity contribution is 5.84. The first kappa shape index (κ1) is 16.2. The maximum atomic E-state index is 12.4. The van der Waals surface area contributed by atoms with Crippen LogP contribution in [0.1, 0.15) is 36.0 Å². The van der Waals surface area contributed by atoms with E-state index in [0.29, 0.717) is 24.8 Å². The molecule has 0 aliphatic carbocycles. The smallest absolute Gasteiger partial charge is 0.242 e. The van der Waals surface area contributed by atoms with Gasteiger partial charge in [0.05, 0.1) is 12.5 Å². The van der Waals surface area contributed by atoms with Gasteiger partial charge in [0.2, 0.25) is 17.7 Å². The van der Waals surface area contributed by atoms with Gasteiger partial charge in [0.15, 0.2) is 5.82 Å². The number of aryl methyl sites for hydroxylation is 1. The molecule has 7 heteroatoms. The van der Waals surface area contributed by atoms with Gasteiger partial charge in [-0.25, -0.2) is 0 Å². The standard InChI is InChI=1S/C17H20N4O3/c1-11-19-17(24-20-11)15-10-21(16(23)8-18-12(2)22)9-14(15)13-6-4-3-5-7-13/h3-7,14-15H,8-10H2,1-2H3,(H,18,22). The molecule has 3 rings (SSSR count). The van der Waals surface area contributed by atoms with Crippen LogP contribution in [0.4, 0.5) is 0 Å². The maximum Gasteiger partial charge on any atom is 0.242 e. The van der Waals surface area contributed by atoms with Crippen LogP contribution in [0.2, 0.25) is 0 Å². The second kappa shape index (κ2) is 6.82. The minimum Gasteiger partial charge on any atom is -0.347 e. The summed E-state index contributed by atoms with van der Waals surface area (Å²) in [6, 6.07) is 10.0. The van der Waals surface area contributed by atoms with Crippen LogP contribution < -0.4 is 5.32 Å². The van der Waals surface area contributed by atoms with Crippen LogP contribution in [0.25, 0.3) is 0 Å². The molecule has 1 aromatic carbocycles. The Morgan fingerprint density at radius 2 is 1.96 bits per heavy atom. The average Bonchev–Trinajstić information content (AvgIpc) is 3.19. The largest absolute Gasteiger partial charge is 0.347 e. The molecule has 1 saturated heterocycles. The van der Waals surface area contributed by atoms with Crippen LogP contribution in [-0.2, 0) is 9.59 Å². The summed E-state index contributed by atoms with van der Waals surface area (Å²) < 4.78 is 5.36. The van der Waals surface area contributed by atoms with Crippen LogP contribution in [0.15, 0.2) is 34.9 Å². The Kier molecular flexibility index (Phi) is 4.59. The Bertz CT molecular complexity index is 728. The predicted molar refractivity (Wildman–Crippen MR) is 86.2 cm³/mol. The zero-order chi connectivity index (χ0) is 17.1. The minimum atomic E-state index is -0.216. The molecule has 126 valence electrons. The van der Waals surface area contributed by atoms with Crippen LogP contribution in [-0.4, -0.2) is 46.5 Å². The van der Waals surface area contributed by atoms with Crippen LogP contribution in [0.3, 0.4) is 0 Å². The highest BCUT2D eigenvalue weighted by atomic mass is 16.5. The number of nitrogens with one attached hydrogen (secondary N) is 1. The van der Waals surface area contributed by atoms with Crippen molar-refractivity contribution in [2.75, 3.05) is 19.6 Å². The third-order valence-corrected chi connectivity index (χ3v) is 4.25. The van der Waals surface area contributed by atoms with Crippen molar-refractivity contribution in [3.8, 4) is 0 Å². The van der Waals surface area contributed by atoms with Crippen molar-refractivity contribution in [3.05, 3.63) is 47.6 Å². The Labute approximate surface area is 140 Å².